The first-order valence-corrected chi connectivity index (χ1v) is 3.50. The fraction of sp³-hybridized carbons (Fsp3) is 0.625. The minimum absolute atomic E-state index is 0.232. The quantitative estimate of drug-likeness (QED) is 0.429. The predicted octanol–water partition coefficient (Wildman–Crippen LogP) is 1.52. The number of hydrogen-bond donors (Lipinski definition) is 0. The molecule has 0 N–H and O–H groups in total. The van der Waals surface area contributed by atoms with Gasteiger partial charge >= 0.3 is 5.97 Å². The van der Waals surface area contributed by atoms with Gasteiger partial charge in [-0.25, -0.2) is 4.79 Å². The zero-order chi connectivity index (χ0) is 7.56. The fourth-order valence-electron chi connectivity index (χ4n) is 0.901. The lowest BCUT2D eigenvalue weighted by atomic mass is 10.2. The maximum atomic E-state index is 10.7. The molecule has 0 aliphatic heterocycles. The van der Waals surface area contributed by atoms with Crippen LogP contribution in [0.25, 0.3) is 0 Å². The average molecular weight is 140 g/mol. The van der Waals surface area contributed by atoms with E-state index in [0.29, 0.717) is 5.92 Å². The molecule has 0 spiro atoms. The highest BCUT2D eigenvalue weighted by atomic mass is 16.5. The molecule has 1 rings (SSSR count). The maximum Gasteiger partial charge on any atom is 0.330 e. The van der Waals surface area contributed by atoms with Crippen molar-refractivity contribution in [3.63, 3.8) is 0 Å². The minimum Gasteiger partial charge on any atom is -0.466 e. The number of ether oxygens (including phenoxy) is 1. The summed E-state index contributed by atoms with van der Waals surface area (Å²) in [5, 5.41) is 0. The first kappa shape index (κ1) is 7.32. The first-order valence-electron chi connectivity index (χ1n) is 3.50. The number of methoxy groups -OCH3 is 1. The summed E-state index contributed by atoms with van der Waals surface area (Å²) in [4.78, 5) is 10.7. The predicted molar refractivity (Wildman–Crippen MR) is 38.5 cm³/mol. The Morgan fingerprint density at radius 2 is 2.20 bits per heavy atom. The third-order valence-corrected chi connectivity index (χ3v) is 1.77. The zero-order valence-corrected chi connectivity index (χ0v) is 6.39. The summed E-state index contributed by atoms with van der Waals surface area (Å²) in [6.45, 7) is 1.98. The Hall–Kier alpha value is -0.790. The molecular formula is C8H12O2. The van der Waals surface area contributed by atoms with E-state index in [1.54, 1.807) is 6.08 Å². The highest BCUT2D eigenvalue weighted by Crippen LogP contribution is 2.35. The zero-order valence-electron chi connectivity index (χ0n) is 6.39. The molecule has 0 radical (unpaired) electrons. The van der Waals surface area contributed by atoms with E-state index in [4.69, 9.17) is 0 Å². The molecule has 0 atom stereocenters. The summed E-state index contributed by atoms with van der Waals surface area (Å²) in [6, 6.07) is 0. The summed E-state index contributed by atoms with van der Waals surface area (Å²) in [7, 11) is 1.40. The topological polar surface area (TPSA) is 26.3 Å². The second-order valence-electron chi connectivity index (χ2n) is 2.69. The molecule has 1 aliphatic carbocycles. The van der Waals surface area contributed by atoms with Gasteiger partial charge in [0.05, 0.1) is 7.11 Å². The average Bonchev–Trinajstić information content (AvgIpc) is 2.68. The number of hydrogen-bond acceptors (Lipinski definition) is 2. The molecule has 0 saturated heterocycles. The molecule has 1 aliphatic rings. The Bertz CT molecular complexity index is 166. The summed E-state index contributed by atoms with van der Waals surface area (Å²) >= 11 is 0. The smallest absolute Gasteiger partial charge is 0.330 e. The lowest BCUT2D eigenvalue weighted by Crippen LogP contribution is -1.96. The third kappa shape index (κ3) is 1.87. The van der Waals surface area contributed by atoms with Crippen molar-refractivity contribution in [2.75, 3.05) is 7.11 Å². The van der Waals surface area contributed by atoms with Crippen LogP contribution in [0.3, 0.4) is 0 Å². The van der Waals surface area contributed by atoms with Crippen molar-refractivity contribution in [3.05, 3.63) is 11.6 Å². The van der Waals surface area contributed by atoms with Gasteiger partial charge in [0, 0.05) is 6.08 Å². The summed E-state index contributed by atoms with van der Waals surface area (Å²) in [5.74, 6) is 0.434. The Morgan fingerprint density at radius 3 is 2.60 bits per heavy atom. The van der Waals surface area contributed by atoms with Crippen LogP contribution in [0, 0.1) is 5.92 Å². The van der Waals surface area contributed by atoms with Crippen LogP contribution in [-0.2, 0) is 9.53 Å². The highest BCUT2D eigenvalue weighted by Gasteiger charge is 2.23. The van der Waals surface area contributed by atoms with E-state index in [2.05, 4.69) is 4.74 Å². The lowest BCUT2D eigenvalue weighted by Gasteiger charge is -1.94. The lowest BCUT2D eigenvalue weighted by molar-refractivity contribution is -0.134. The second-order valence-corrected chi connectivity index (χ2v) is 2.69. The molecule has 0 aromatic carbocycles. The van der Waals surface area contributed by atoms with Gasteiger partial charge in [0.1, 0.15) is 0 Å². The van der Waals surface area contributed by atoms with Gasteiger partial charge < -0.3 is 4.74 Å². The van der Waals surface area contributed by atoms with Crippen LogP contribution in [0.1, 0.15) is 19.8 Å². The fourth-order valence-corrected chi connectivity index (χ4v) is 0.901. The van der Waals surface area contributed by atoms with Crippen molar-refractivity contribution in [3.8, 4) is 0 Å². The molecule has 10 heavy (non-hydrogen) atoms. The van der Waals surface area contributed by atoms with E-state index in [1.807, 2.05) is 6.92 Å². The molecule has 1 fully saturated rings. The SMILES string of the molecule is COC(=O)C=C(C)C1CC1. The van der Waals surface area contributed by atoms with Gasteiger partial charge in [-0.3, -0.25) is 0 Å². The molecule has 0 bridgehead atoms. The van der Waals surface area contributed by atoms with Gasteiger partial charge in [-0.15, -0.1) is 0 Å². The van der Waals surface area contributed by atoms with Crippen molar-refractivity contribution in [1.29, 1.82) is 0 Å². The Balaban J connectivity index is 2.43. The van der Waals surface area contributed by atoms with Crippen LogP contribution in [0.5, 0.6) is 0 Å². The van der Waals surface area contributed by atoms with Gasteiger partial charge in [0.25, 0.3) is 0 Å². The first-order chi connectivity index (χ1) is 4.74. The monoisotopic (exact) mass is 140 g/mol. The number of esters is 1. The van der Waals surface area contributed by atoms with Crippen LogP contribution in [0.4, 0.5) is 0 Å². The summed E-state index contributed by atoms with van der Waals surface area (Å²) in [5.41, 5.74) is 1.16. The Labute approximate surface area is 60.9 Å². The van der Waals surface area contributed by atoms with Gasteiger partial charge in [0.2, 0.25) is 0 Å². The number of carbonyl (C=O) groups excluding carboxylic acids is 1. The van der Waals surface area contributed by atoms with Crippen molar-refractivity contribution >= 4 is 5.97 Å². The van der Waals surface area contributed by atoms with Crippen molar-refractivity contribution in [2.24, 2.45) is 5.92 Å². The Morgan fingerprint density at radius 1 is 1.60 bits per heavy atom. The van der Waals surface area contributed by atoms with Gasteiger partial charge in [-0.05, 0) is 25.7 Å². The van der Waals surface area contributed by atoms with E-state index in [0.717, 1.165) is 5.57 Å². The van der Waals surface area contributed by atoms with Gasteiger partial charge in [-0.1, -0.05) is 5.57 Å². The van der Waals surface area contributed by atoms with E-state index >= 15 is 0 Å². The number of carbonyl (C=O) groups is 1. The standard InChI is InChI=1S/C8H12O2/c1-6(7-3-4-7)5-8(9)10-2/h5,7H,3-4H2,1-2H3. The van der Waals surface area contributed by atoms with E-state index < -0.39 is 0 Å². The van der Waals surface area contributed by atoms with E-state index in [9.17, 15) is 4.79 Å². The van der Waals surface area contributed by atoms with Crippen LogP contribution in [-0.4, -0.2) is 13.1 Å². The molecule has 0 aromatic heterocycles. The molecule has 2 nitrogen and oxygen atoms in total. The second kappa shape index (κ2) is 2.86. The molecule has 1 saturated carbocycles. The van der Waals surface area contributed by atoms with Crippen LogP contribution in [0.15, 0.2) is 11.6 Å². The molecular weight excluding hydrogens is 128 g/mol. The van der Waals surface area contributed by atoms with Crippen LogP contribution < -0.4 is 0 Å². The maximum absolute atomic E-state index is 10.7. The molecule has 0 amide bonds. The van der Waals surface area contributed by atoms with Crippen molar-refractivity contribution in [1.82, 2.24) is 0 Å². The molecule has 0 heterocycles. The molecule has 2 heteroatoms. The number of rotatable bonds is 2. The van der Waals surface area contributed by atoms with Gasteiger partial charge in [0.15, 0.2) is 0 Å². The molecule has 0 unspecified atom stereocenters. The number of allylic oxidation sites excluding steroid dienone is 1. The van der Waals surface area contributed by atoms with Crippen molar-refractivity contribution in [2.45, 2.75) is 19.8 Å². The van der Waals surface area contributed by atoms with Crippen LogP contribution >= 0.6 is 0 Å². The third-order valence-electron chi connectivity index (χ3n) is 1.77. The molecule has 56 valence electrons. The Kier molecular flexibility index (Phi) is 2.10. The summed E-state index contributed by atoms with van der Waals surface area (Å²) < 4.78 is 4.48. The van der Waals surface area contributed by atoms with Gasteiger partial charge in [-0.2, -0.15) is 0 Å². The minimum atomic E-state index is -0.232. The van der Waals surface area contributed by atoms with Crippen molar-refractivity contribution < 1.29 is 9.53 Å². The summed E-state index contributed by atoms with van der Waals surface area (Å²) in [6.07, 6.45) is 4.05. The highest BCUT2D eigenvalue weighted by molar-refractivity contribution is 5.82. The van der Waals surface area contributed by atoms with E-state index in [1.165, 1.54) is 20.0 Å². The largest absolute Gasteiger partial charge is 0.466 e. The normalized spacial score (nSPS) is 18.8. The van der Waals surface area contributed by atoms with E-state index in [-0.39, 0.29) is 5.97 Å². The van der Waals surface area contributed by atoms with Crippen LogP contribution in [0.2, 0.25) is 0 Å². The molecule has 0 aromatic rings.